The summed E-state index contributed by atoms with van der Waals surface area (Å²) in [7, 11) is 0. The fourth-order valence-corrected chi connectivity index (χ4v) is 2.22. The van der Waals surface area contributed by atoms with E-state index in [9.17, 15) is 19.6 Å². The SMILES string of the molecule is CSC[C@](C)(O)CNc1cccc(F)c1[N+](=O)[O-]. The quantitative estimate of drug-likeness (QED) is 0.614. The Morgan fingerprint density at radius 2 is 2.28 bits per heavy atom. The average molecular weight is 274 g/mol. The van der Waals surface area contributed by atoms with E-state index in [-0.39, 0.29) is 12.2 Å². The molecule has 0 radical (unpaired) electrons. The first kappa shape index (κ1) is 14.7. The number of nitrogens with zero attached hydrogens (tertiary/aromatic N) is 1. The summed E-state index contributed by atoms with van der Waals surface area (Å²) in [6.45, 7) is 1.72. The lowest BCUT2D eigenvalue weighted by molar-refractivity contribution is -0.386. The molecule has 0 amide bonds. The number of nitro groups is 1. The number of nitrogens with one attached hydrogen (secondary N) is 1. The van der Waals surface area contributed by atoms with Gasteiger partial charge in [0.25, 0.3) is 0 Å². The van der Waals surface area contributed by atoms with Crippen molar-refractivity contribution in [3.05, 3.63) is 34.1 Å². The van der Waals surface area contributed by atoms with Crippen LogP contribution in [0.5, 0.6) is 0 Å². The maximum atomic E-state index is 13.3. The van der Waals surface area contributed by atoms with Crippen LogP contribution in [0, 0.1) is 15.9 Å². The van der Waals surface area contributed by atoms with Gasteiger partial charge in [0.1, 0.15) is 5.69 Å². The van der Waals surface area contributed by atoms with Crippen molar-refractivity contribution in [3.8, 4) is 0 Å². The van der Waals surface area contributed by atoms with Crippen molar-refractivity contribution in [2.45, 2.75) is 12.5 Å². The predicted octanol–water partition coefficient (Wildman–Crippen LogP) is 2.26. The van der Waals surface area contributed by atoms with E-state index >= 15 is 0 Å². The number of benzene rings is 1. The van der Waals surface area contributed by atoms with Crippen LogP contribution in [0.2, 0.25) is 0 Å². The van der Waals surface area contributed by atoms with Crippen LogP contribution < -0.4 is 5.32 Å². The zero-order chi connectivity index (χ0) is 13.8. The first-order chi connectivity index (χ1) is 8.37. The van der Waals surface area contributed by atoms with Gasteiger partial charge in [-0.2, -0.15) is 16.2 Å². The van der Waals surface area contributed by atoms with Crippen molar-refractivity contribution in [1.29, 1.82) is 0 Å². The Bertz CT molecular complexity index is 440. The second-order valence-electron chi connectivity index (χ2n) is 4.18. The molecule has 0 aliphatic rings. The molecule has 100 valence electrons. The lowest BCUT2D eigenvalue weighted by Gasteiger charge is -2.23. The molecular formula is C11H15FN2O3S. The second-order valence-corrected chi connectivity index (χ2v) is 5.04. The normalized spacial score (nSPS) is 14.0. The lowest BCUT2D eigenvalue weighted by atomic mass is 10.1. The smallest absolute Gasteiger partial charge is 0.327 e. The lowest BCUT2D eigenvalue weighted by Crippen LogP contribution is -2.36. The van der Waals surface area contributed by atoms with E-state index in [0.29, 0.717) is 5.75 Å². The van der Waals surface area contributed by atoms with Crippen LogP contribution in [-0.2, 0) is 0 Å². The van der Waals surface area contributed by atoms with E-state index in [0.717, 1.165) is 6.07 Å². The summed E-state index contributed by atoms with van der Waals surface area (Å²) in [5, 5.41) is 23.4. The van der Waals surface area contributed by atoms with Crippen molar-refractivity contribution in [2.75, 3.05) is 23.9 Å². The first-order valence-corrected chi connectivity index (χ1v) is 6.65. The first-order valence-electron chi connectivity index (χ1n) is 5.25. The van der Waals surface area contributed by atoms with Gasteiger partial charge >= 0.3 is 5.69 Å². The van der Waals surface area contributed by atoms with Crippen molar-refractivity contribution in [2.24, 2.45) is 0 Å². The molecule has 1 atom stereocenters. The number of hydrogen-bond acceptors (Lipinski definition) is 5. The molecule has 2 N–H and O–H groups in total. The molecule has 0 bridgehead atoms. The summed E-state index contributed by atoms with van der Waals surface area (Å²) in [5.74, 6) is -0.419. The maximum Gasteiger partial charge on any atom is 0.327 e. The molecule has 0 saturated heterocycles. The van der Waals surface area contributed by atoms with Gasteiger partial charge in [-0.1, -0.05) is 6.07 Å². The number of nitro benzene ring substituents is 1. The maximum absolute atomic E-state index is 13.3. The fraction of sp³-hybridized carbons (Fsp3) is 0.455. The van der Waals surface area contributed by atoms with Crippen molar-refractivity contribution >= 4 is 23.1 Å². The molecular weight excluding hydrogens is 259 g/mol. The number of para-hydroxylation sites is 1. The molecule has 0 saturated carbocycles. The highest BCUT2D eigenvalue weighted by Crippen LogP contribution is 2.27. The summed E-state index contributed by atoms with van der Waals surface area (Å²) in [6.07, 6.45) is 1.85. The Labute approximate surface area is 109 Å². The number of hydrogen-bond donors (Lipinski definition) is 2. The third kappa shape index (κ3) is 3.85. The van der Waals surface area contributed by atoms with Crippen LogP contribution in [-0.4, -0.2) is 34.2 Å². The topological polar surface area (TPSA) is 75.4 Å². The van der Waals surface area contributed by atoms with Crippen LogP contribution in [0.4, 0.5) is 15.8 Å². The summed E-state index contributed by atoms with van der Waals surface area (Å²) in [5.41, 5.74) is -1.54. The van der Waals surface area contributed by atoms with Gasteiger partial charge in [0, 0.05) is 12.3 Å². The summed E-state index contributed by atoms with van der Waals surface area (Å²) in [6, 6.07) is 3.83. The second kappa shape index (κ2) is 6.01. The van der Waals surface area contributed by atoms with Crippen LogP contribution in [0.25, 0.3) is 0 Å². The summed E-state index contributed by atoms with van der Waals surface area (Å²) in [4.78, 5) is 9.97. The predicted molar refractivity (Wildman–Crippen MR) is 70.5 cm³/mol. The number of anilines is 1. The molecule has 0 aliphatic carbocycles. The molecule has 0 unspecified atom stereocenters. The third-order valence-electron chi connectivity index (χ3n) is 2.28. The van der Waals surface area contributed by atoms with Gasteiger partial charge in [-0.25, -0.2) is 0 Å². The minimum absolute atomic E-state index is 0.0707. The molecule has 0 heterocycles. The van der Waals surface area contributed by atoms with Crippen molar-refractivity contribution in [3.63, 3.8) is 0 Å². The molecule has 0 spiro atoms. The number of thioether (sulfide) groups is 1. The van der Waals surface area contributed by atoms with Crippen molar-refractivity contribution in [1.82, 2.24) is 0 Å². The Morgan fingerprint density at radius 3 is 2.83 bits per heavy atom. The fourth-order valence-electron chi connectivity index (χ4n) is 1.49. The largest absolute Gasteiger partial charge is 0.387 e. The van der Waals surface area contributed by atoms with Gasteiger partial charge in [-0.05, 0) is 25.3 Å². The monoisotopic (exact) mass is 274 g/mol. The Hall–Kier alpha value is -1.34. The zero-order valence-corrected chi connectivity index (χ0v) is 11.0. The summed E-state index contributed by atoms with van der Waals surface area (Å²) >= 11 is 1.46. The highest BCUT2D eigenvalue weighted by atomic mass is 32.2. The van der Waals surface area contributed by atoms with Gasteiger partial charge in [-0.15, -0.1) is 0 Å². The Kier molecular flexibility index (Phi) is 4.92. The van der Waals surface area contributed by atoms with Gasteiger partial charge in [0.2, 0.25) is 5.82 Å². The molecule has 1 rings (SSSR count). The standard InChI is InChI=1S/C11H15FN2O3S/c1-11(15,7-18-2)6-13-9-5-3-4-8(12)10(9)14(16)17/h3-5,13,15H,6-7H2,1-2H3/t11-/m1/s1. The Morgan fingerprint density at radius 1 is 1.61 bits per heavy atom. The van der Waals surface area contributed by atoms with Crippen LogP contribution in [0.15, 0.2) is 18.2 Å². The van der Waals surface area contributed by atoms with E-state index in [1.165, 1.54) is 23.9 Å². The van der Waals surface area contributed by atoms with Crippen LogP contribution in [0.3, 0.4) is 0 Å². The Balaban J connectivity index is 2.85. The minimum Gasteiger partial charge on any atom is -0.387 e. The molecule has 18 heavy (non-hydrogen) atoms. The zero-order valence-electron chi connectivity index (χ0n) is 10.1. The molecule has 5 nitrogen and oxygen atoms in total. The van der Waals surface area contributed by atoms with Crippen LogP contribution in [0.1, 0.15) is 6.92 Å². The highest BCUT2D eigenvalue weighted by Gasteiger charge is 2.23. The van der Waals surface area contributed by atoms with E-state index in [4.69, 9.17) is 0 Å². The van der Waals surface area contributed by atoms with Gasteiger partial charge in [0.15, 0.2) is 0 Å². The summed E-state index contributed by atoms with van der Waals surface area (Å²) < 4.78 is 13.3. The molecule has 1 aromatic carbocycles. The highest BCUT2D eigenvalue weighted by molar-refractivity contribution is 7.98. The van der Waals surface area contributed by atoms with Gasteiger partial charge in [0.05, 0.1) is 10.5 Å². The van der Waals surface area contributed by atoms with E-state index < -0.39 is 22.0 Å². The molecule has 0 aliphatic heterocycles. The van der Waals surface area contributed by atoms with E-state index in [1.807, 2.05) is 6.26 Å². The number of aliphatic hydroxyl groups is 1. The van der Waals surface area contributed by atoms with Crippen molar-refractivity contribution < 1.29 is 14.4 Å². The van der Waals surface area contributed by atoms with Crippen LogP contribution >= 0.6 is 11.8 Å². The minimum atomic E-state index is -1.01. The molecule has 7 heteroatoms. The van der Waals surface area contributed by atoms with Gasteiger partial charge < -0.3 is 10.4 Å². The number of rotatable bonds is 6. The van der Waals surface area contributed by atoms with Gasteiger partial charge in [-0.3, -0.25) is 10.1 Å². The molecule has 1 aromatic rings. The molecule has 0 aromatic heterocycles. The number of halogens is 1. The average Bonchev–Trinajstić information content (AvgIpc) is 2.26. The van der Waals surface area contributed by atoms with E-state index in [2.05, 4.69) is 5.32 Å². The third-order valence-corrected chi connectivity index (χ3v) is 3.19. The van der Waals surface area contributed by atoms with E-state index in [1.54, 1.807) is 6.92 Å². The molecule has 0 fully saturated rings.